The maximum atomic E-state index is 14.8. The number of nitrogens with zero attached hydrogens (tertiary/aromatic N) is 5. The molecule has 8 atom stereocenters. The van der Waals surface area contributed by atoms with Gasteiger partial charge in [-0.25, -0.2) is 29.1 Å². The minimum absolute atomic E-state index is 0.0276. The van der Waals surface area contributed by atoms with E-state index in [4.69, 9.17) is 38.5 Å². The Hall–Kier alpha value is -5.29. The Morgan fingerprint density at radius 1 is 0.983 bits per heavy atom. The van der Waals surface area contributed by atoms with Gasteiger partial charge in [0.05, 0.1) is 31.2 Å². The van der Waals surface area contributed by atoms with Crippen molar-refractivity contribution in [2.45, 2.75) is 62.1 Å². The number of esters is 2. The van der Waals surface area contributed by atoms with Crippen LogP contribution in [0, 0.1) is 0 Å². The fraction of sp³-hybridized carbons (Fsp3) is 0.361. The summed E-state index contributed by atoms with van der Waals surface area (Å²) in [6.07, 6.45) is -3.59. The lowest BCUT2D eigenvalue weighted by Crippen LogP contribution is -2.39. The number of anilines is 1. The molecule has 3 aromatic heterocycles. The van der Waals surface area contributed by atoms with Crippen LogP contribution in [0.2, 0.25) is 0 Å². The number of aliphatic hydroxyl groups is 2. The summed E-state index contributed by atoms with van der Waals surface area (Å²) in [5, 5.41) is 21.3. The first kappa shape index (κ1) is 41.9. The number of benzene rings is 2. The molecular weight excluding hydrogens is 817 g/mol. The van der Waals surface area contributed by atoms with E-state index in [1.165, 1.54) is 69.3 Å². The number of hydrogen-bond acceptors (Lipinski definition) is 19. The Kier molecular flexibility index (Phi) is 12.7. The molecule has 21 nitrogen and oxygen atoms in total. The molecule has 7 rings (SSSR count). The number of ether oxygens (including phenoxy) is 5. The number of nitrogens with two attached hydrogens (primary N) is 1. The third-order valence-electron chi connectivity index (χ3n) is 9.29. The van der Waals surface area contributed by atoms with Crippen molar-refractivity contribution in [1.29, 1.82) is 0 Å². The highest BCUT2D eigenvalue weighted by Crippen LogP contribution is 2.64. The van der Waals surface area contributed by atoms with Crippen LogP contribution in [0.25, 0.3) is 11.2 Å². The molecule has 2 fully saturated rings. The molecule has 3 unspecified atom stereocenters. The van der Waals surface area contributed by atoms with Crippen molar-refractivity contribution in [3.63, 3.8) is 0 Å². The molecule has 0 amide bonds. The van der Waals surface area contributed by atoms with Gasteiger partial charge in [0.2, 0.25) is 0 Å². The number of H-pyrrole nitrogens is 1. The van der Waals surface area contributed by atoms with Crippen molar-refractivity contribution in [3.8, 4) is 11.5 Å². The van der Waals surface area contributed by atoms with E-state index in [2.05, 4.69) is 19.9 Å². The summed E-state index contributed by atoms with van der Waals surface area (Å²) in [7, 11) is 1.31. The fourth-order valence-corrected chi connectivity index (χ4v) is 9.80. The van der Waals surface area contributed by atoms with Gasteiger partial charge in [-0.2, -0.15) is 0 Å². The summed E-state index contributed by atoms with van der Waals surface area (Å²) in [6, 6.07) is 13.3. The predicted octanol–water partition coefficient (Wildman–Crippen LogP) is 2.10. The summed E-state index contributed by atoms with van der Waals surface area (Å²) < 4.78 is 57.8. The second-order valence-corrected chi connectivity index (χ2v) is 17.2. The second-order valence-electron chi connectivity index (χ2n) is 13.2. The van der Waals surface area contributed by atoms with E-state index >= 15 is 0 Å². The predicted molar refractivity (Wildman–Crippen MR) is 206 cm³/mol. The molecule has 59 heavy (non-hydrogen) atoms. The van der Waals surface area contributed by atoms with Gasteiger partial charge < -0.3 is 39.6 Å². The lowest BCUT2D eigenvalue weighted by atomic mass is 10.1. The third-order valence-corrected chi connectivity index (χ3v) is 12.9. The second kappa shape index (κ2) is 17.9. The van der Waals surface area contributed by atoms with Gasteiger partial charge in [-0.15, -0.1) is 0 Å². The molecule has 312 valence electrons. The number of methoxy groups -OCH3 is 1. The Morgan fingerprint density at radius 3 is 2.41 bits per heavy atom. The highest BCUT2D eigenvalue weighted by Gasteiger charge is 2.51. The first-order valence-corrected chi connectivity index (χ1v) is 21.0. The number of fused-ring (bicyclic) bond motifs is 1. The smallest absolute Gasteiger partial charge is 0.389 e. The van der Waals surface area contributed by atoms with Gasteiger partial charge >= 0.3 is 24.4 Å². The summed E-state index contributed by atoms with van der Waals surface area (Å²) in [5.41, 5.74) is 6.04. The van der Waals surface area contributed by atoms with Gasteiger partial charge in [0, 0.05) is 38.5 Å². The van der Waals surface area contributed by atoms with Crippen molar-refractivity contribution in [3.05, 3.63) is 105 Å². The number of rotatable bonds is 15. The van der Waals surface area contributed by atoms with E-state index < -0.39 is 86.2 Å². The Balaban J connectivity index is 1.08. The largest absolute Gasteiger partial charge is 0.427 e. The monoisotopic (exact) mass is 855 g/mol. The molecule has 0 spiro atoms. The minimum Gasteiger partial charge on any atom is -0.427 e. The van der Waals surface area contributed by atoms with E-state index in [1.54, 1.807) is 16.7 Å². The number of imidazole rings is 1. The summed E-state index contributed by atoms with van der Waals surface area (Å²) in [4.78, 5) is 63.0. The number of carbonyl (C=O) groups excluding carboxylic acids is 2. The quantitative estimate of drug-likeness (QED) is 0.0666. The fourth-order valence-electron chi connectivity index (χ4n) is 6.41. The van der Waals surface area contributed by atoms with Crippen LogP contribution in [0.3, 0.4) is 0 Å². The molecule has 2 aromatic carbocycles. The van der Waals surface area contributed by atoms with Crippen LogP contribution in [-0.4, -0.2) is 102 Å². The summed E-state index contributed by atoms with van der Waals surface area (Å²) in [5.74, 6) is -0.471. The van der Waals surface area contributed by atoms with E-state index in [0.717, 1.165) is 22.0 Å². The van der Waals surface area contributed by atoms with Crippen LogP contribution < -0.4 is 26.5 Å². The molecule has 5 aromatic rings. The zero-order valence-corrected chi connectivity index (χ0v) is 33.0. The lowest BCUT2D eigenvalue weighted by Gasteiger charge is -2.28. The highest BCUT2D eigenvalue weighted by atomic mass is 32.7. The molecule has 2 aliphatic heterocycles. The normalized spacial score (nSPS) is 23.9. The first-order valence-electron chi connectivity index (χ1n) is 17.9. The average Bonchev–Trinajstić information content (AvgIpc) is 3.92. The number of aromatic amines is 1. The molecule has 5 N–H and O–H groups in total. The van der Waals surface area contributed by atoms with Crippen molar-refractivity contribution in [2.75, 3.05) is 26.1 Å². The Bertz CT molecular complexity index is 2470. The van der Waals surface area contributed by atoms with Crippen LogP contribution >= 0.6 is 18.2 Å². The SMILES string of the molecule is CO[C@H]1C(OP(=O)(OC[C@H]2O[C@@H](n3cnc4c(N)ncnc43)CC2O)SCc2ccc(OC(=O)c3ccc(OC(C)=O)cc3)cc2)[C@@H](CO)O[C@H]1n1ccc(=O)[nH]c1=O. The van der Waals surface area contributed by atoms with Crippen molar-refractivity contribution in [2.24, 2.45) is 0 Å². The molecule has 23 heteroatoms. The van der Waals surface area contributed by atoms with Crippen molar-refractivity contribution < 1.29 is 57.1 Å². The van der Waals surface area contributed by atoms with Gasteiger partial charge in [0.25, 0.3) is 5.56 Å². The van der Waals surface area contributed by atoms with Gasteiger partial charge in [-0.05, 0) is 53.3 Å². The molecule has 0 radical (unpaired) electrons. The molecule has 0 saturated carbocycles. The van der Waals surface area contributed by atoms with E-state index in [-0.39, 0.29) is 35.1 Å². The van der Waals surface area contributed by atoms with Gasteiger partial charge in [-0.3, -0.25) is 32.8 Å². The van der Waals surface area contributed by atoms with E-state index in [0.29, 0.717) is 16.7 Å². The zero-order valence-electron chi connectivity index (χ0n) is 31.3. The molecular formula is C36H38N7O14PS. The molecule has 2 saturated heterocycles. The zero-order chi connectivity index (χ0) is 41.8. The van der Waals surface area contributed by atoms with Gasteiger partial charge in [-0.1, -0.05) is 12.1 Å². The highest BCUT2D eigenvalue weighted by molar-refractivity contribution is 8.54. The van der Waals surface area contributed by atoms with Crippen molar-refractivity contribution >= 4 is 47.1 Å². The minimum atomic E-state index is -4.33. The Labute approximate surface area is 337 Å². The average molecular weight is 856 g/mol. The van der Waals surface area contributed by atoms with Gasteiger partial charge in [0.1, 0.15) is 54.0 Å². The molecule has 0 aliphatic carbocycles. The van der Waals surface area contributed by atoms with Crippen molar-refractivity contribution in [1.82, 2.24) is 29.1 Å². The van der Waals surface area contributed by atoms with Crippen LogP contribution in [0.5, 0.6) is 11.5 Å². The summed E-state index contributed by atoms with van der Waals surface area (Å²) >= 11 is 0.775. The Morgan fingerprint density at radius 2 is 1.71 bits per heavy atom. The molecule has 5 heterocycles. The number of aromatic nitrogens is 6. The number of nitrogen functional groups attached to an aromatic ring is 1. The standard InChI is InChI=1S/C36H38N7O14PS/c1-19(45)53-22-9-5-21(6-10-22)35(48)54-23-7-3-20(4-8-23)16-59-58(50,57-30-25(14-44)56-34(31(30)51-2)42-12-11-27(47)41-36(42)49)52-15-26-24(46)13-28(55-26)43-18-40-29-32(37)38-17-39-33(29)43/h3-12,17-18,24-26,28,30-31,34,44,46H,13-16H2,1-2H3,(H2,37,38,39)(H,41,47,49)/t24?,25-,26-,28-,30?,31+,34-,58?/m1/s1. The topological polar surface area (TPSA) is 281 Å². The number of hydrogen-bond donors (Lipinski definition) is 4. The van der Waals surface area contributed by atoms with Crippen LogP contribution in [-0.2, 0) is 38.4 Å². The van der Waals surface area contributed by atoms with Crippen LogP contribution in [0.15, 0.2) is 83.0 Å². The number of carbonyl (C=O) groups is 2. The molecule has 0 bridgehead atoms. The third kappa shape index (κ3) is 9.46. The maximum Gasteiger partial charge on any atom is 0.389 e. The van der Waals surface area contributed by atoms with Crippen LogP contribution in [0.1, 0.15) is 41.7 Å². The van der Waals surface area contributed by atoms with Crippen LogP contribution in [0.4, 0.5) is 5.82 Å². The number of nitrogens with one attached hydrogen (secondary N) is 1. The first-order chi connectivity index (χ1) is 28.3. The molecule has 2 aliphatic rings. The lowest BCUT2D eigenvalue weighted by molar-refractivity contribution is -0.131. The maximum absolute atomic E-state index is 14.8. The number of aliphatic hydroxyl groups excluding tert-OH is 2. The van der Waals surface area contributed by atoms with E-state index in [9.17, 15) is 34.0 Å². The van der Waals surface area contributed by atoms with Gasteiger partial charge in [0.15, 0.2) is 17.7 Å². The summed E-state index contributed by atoms with van der Waals surface area (Å²) in [6.45, 7) is -4.12. The van der Waals surface area contributed by atoms with E-state index in [1.807, 2.05) is 0 Å².